The molecule has 148 valence electrons. The maximum absolute atomic E-state index is 12.9. The van der Waals surface area contributed by atoms with Gasteiger partial charge < -0.3 is 15.4 Å². The Bertz CT molecular complexity index is 693. The van der Waals surface area contributed by atoms with E-state index in [1.54, 1.807) is 18.3 Å². The van der Waals surface area contributed by atoms with Crippen molar-refractivity contribution in [1.82, 2.24) is 10.3 Å². The Morgan fingerprint density at radius 1 is 1.15 bits per heavy atom. The van der Waals surface area contributed by atoms with E-state index in [1.165, 1.54) is 24.3 Å². The Balaban J connectivity index is 0.00000182. The van der Waals surface area contributed by atoms with E-state index in [0.717, 1.165) is 32.4 Å². The van der Waals surface area contributed by atoms with Crippen LogP contribution in [0.2, 0.25) is 0 Å². The zero-order chi connectivity index (χ0) is 17.5. The molecule has 0 radical (unpaired) electrons. The second-order valence-electron chi connectivity index (χ2n) is 6.22. The Labute approximate surface area is 170 Å². The molecule has 1 saturated heterocycles. The van der Waals surface area contributed by atoms with Crippen molar-refractivity contribution in [3.8, 4) is 11.6 Å². The topological polar surface area (TPSA) is 63.2 Å². The van der Waals surface area contributed by atoms with Gasteiger partial charge in [-0.15, -0.1) is 24.8 Å². The Kier molecular flexibility index (Phi) is 10.1. The van der Waals surface area contributed by atoms with E-state index in [0.29, 0.717) is 29.7 Å². The molecule has 3 rings (SSSR count). The van der Waals surface area contributed by atoms with Gasteiger partial charge in [-0.2, -0.15) is 0 Å². The van der Waals surface area contributed by atoms with Crippen LogP contribution in [0.15, 0.2) is 42.6 Å². The van der Waals surface area contributed by atoms with Crippen LogP contribution in [0.1, 0.15) is 25.7 Å². The smallest absolute Gasteiger partial charge is 0.224 e. The van der Waals surface area contributed by atoms with Crippen molar-refractivity contribution in [2.45, 2.75) is 25.7 Å². The highest BCUT2D eigenvalue weighted by molar-refractivity contribution is 5.90. The lowest BCUT2D eigenvalue weighted by Gasteiger charge is -2.22. The molecule has 1 amide bonds. The van der Waals surface area contributed by atoms with Crippen molar-refractivity contribution in [1.29, 1.82) is 0 Å². The molecule has 1 fully saturated rings. The number of nitrogens with zero attached hydrogens (tertiary/aromatic N) is 1. The van der Waals surface area contributed by atoms with Crippen LogP contribution in [0.5, 0.6) is 11.6 Å². The number of piperidine rings is 1. The summed E-state index contributed by atoms with van der Waals surface area (Å²) in [7, 11) is 0. The van der Waals surface area contributed by atoms with Crippen LogP contribution in [0.3, 0.4) is 0 Å². The third kappa shape index (κ3) is 7.71. The van der Waals surface area contributed by atoms with Gasteiger partial charge in [0.05, 0.1) is 11.9 Å². The number of rotatable bonds is 6. The summed E-state index contributed by atoms with van der Waals surface area (Å²) in [6.07, 6.45) is 5.29. The van der Waals surface area contributed by atoms with Gasteiger partial charge >= 0.3 is 0 Å². The second kappa shape index (κ2) is 11.7. The molecule has 5 nitrogen and oxygen atoms in total. The van der Waals surface area contributed by atoms with Crippen molar-refractivity contribution in [2.75, 3.05) is 18.4 Å². The van der Waals surface area contributed by atoms with Gasteiger partial charge in [-0.25, -0.2) is 9.37 Å². The van der Waals surface area contributed by atoms with E-state index in [4.69, 9.17) is 4.74 Å². The van der Waals surface area contributed by atoms with Gasteiger partial charge in [0.1, 0.15) is 11.6 Å². The highest BCUT2D eigenvalue weighted by atomic mass is 35.5. The van der Waals surface area contributed by atoms with Crippen LogP contribution in [0.25, 0.3) is 0 Å². The molecular formula is C19H24Cl2FN3O2. The summed E-state index contributed by atoms with van der Waals surface area (Å²) in [6.45, 7) is 2.09. The number of ether oxygens (including phenoxy) is 1. The van der Waals surface area contributed by atoms with Crippen LogP contribution in [0.4, 0.5) is 10.1 Å². The first-order valence-electron chi connectivity index (χ1n) is 8.59. The largest absolute Gasteiger partial charge is 0.439 e. The summed E-state index contributed by atoms with van der Waals surface area (Å²) in [5.41, 5.74) is 0.641. The third-order valence-electron chi connectivity index (χ3n) is 4.29. The fraction of sp³-hybridized carbons (Fsp3) is 0.368. The molecule has 0 unspecified atom stereocenters. The van der Waals surface area contributed by atoms with Crippen LogP contribution < -0.4 is 15.4 Å². The minimum atomic E-state index is -0.317. The molecule has 1 aliphatic heterocycles. The number of carbonyl (C=O) groups excluding carboxylic acids is 1. The number of amides is 1. The molecule has 0 atom stereocenters. The van der Waals surface area contributed by atoms with Crippen LogP contribution in [0, 0.1) is 11.7 Å². The number of benzene rings is 1. The number of nitrogens with one attached hydrogen (secondary N) is 2. The number of carbonyl (C=O) groups is 1. The molecule has 1 aromatic carbocycles. The van der Waals surface area contributed by atoms with Gasteiger partial charge in [0.25, 0.3) is 0 Å². The average molecular weight is 416 g/mol. The van der Waals surface area contributed by atoms with E-state index in [9.17, 15) is 9.18 Å². The number of hydrogen-bond donors (Lipinski definition) is 2. The average Bonchev–Trinajstić information content (AvgIpc) is 2.64. The molecular weight excluding hydrogens is 392 g/mol. The molecule has 2 heterocycles. The highest BCUT2D eigenvalue weighted by Gasteiger charge is 2.14. The SMILES string of the molecule is Cl.Cl.O=C(CCC1CCNCC1)Nc1ccc(Oc2ccc(F)cc2)nc1. The predicted molar refractivity (Wildman–Crippen MR) is 109 cm³/mol. The van der Waals surface area contributed by atoms with Crippen molar-refractivity contribution < 1.29 is 13.9 Å². The number of hydrogen-bond acceptors (Lipinski definition) is 4. The summed E-state index contributed by atoms with van der Waals surface area (Å²) in [6, 6.07) is 9.14. The summed E-state index contributed by atoms with van der Waals surface area (Å²) in [4.78, 5) is 16.2. The van der Waals surface area contributed by atoms with Crippen LogP contribution in [-0.2, 0) is 4.79 Å². The van der Waals surface area contributed by atoms with E-state index in [2.05, 4.69) is 15.6 Å². The molecule has 0 aliphatic carbocycles. The number of aromatic nitrogens is 1. The van der Waals surface area contributed by atoms with Crippen molar-refractivity contribution >= 4 is 36.4 Å². The predicted octanol–water partition coefficient (Wildman–Crippen LogP) is 4.57. The van der Waals surface area contributed by atoms with Gasteiger partial charge in [-0.1, -0.05) is 0 Å². The first-order chi connectivity index (χ1) is 12.2. The molecule has 0 bridgehead atoms. The zero-order valence-electron chi connectivity index (χ0n) is 14.8. The van der Waals surface area contributed by atoms with Crippen LogP contribution in [-0.4, -0.2) is 24.0 Å². The molecule has 0 spiro atoms. The lowest BCUT2D eigenvalue weighted by Crippen LogP contribution is -2.28. The normalized spacial score (nSPS) is 13.8. The quantitative estimate of drug-likeness (QED) is 0.724. The van der Waals surface area contributed by atoms with Gasteiger partial charge in [0.2, 0.25) is 11.8 Å². The monoisotopic (exact) mass is 415 g/mol. The summed E-state index contributed by atoms with van der Waals surface area (Å²) in [5.74, 6) is 1.22. The Morgan fingerprint density at radius 3 is 2.48 bits per heavy atom. The van der Waals surface area contributed by atoms with E-state index in [-0.39, 0.29) is 36.5 Å². The minimum Gasteiger partial charge on any atom is -0.439 e. The van der Waals surface area contributed by atoms with Crippen LogP contribution >= 0.6 is 24.8 Å². The lowest BCUT2D eigenvalue weighted by atomic mass is 9.93. The standard InChI is InChI=1S/C19H22FN3O2.2ClH/c20-15-2-5-17(6-3-15)25-19-8-4-16(13-22-19)23-18(24)7-1-14-9-11-21-12-10-14;;/h2-6,8,13-14,21H,1,7,9-12H2,(H,23,24);2*1H. The van der Waals surface area contributed by atoms with E-state index < -0.39 is 0 Å². The number of halogens is 3. The molecule has 0 saturated carbocycles. The summed E-state index contributed by atoms with van der Waals surface area (Å²) in [5, 5.41) is 6.19. The maximum atomic E-state index is 12.9. The Morgan fingerprint density at radius 2 is 1.85 bits per heavy atom. The third-order valence-corrected chi connectivity index (χ3v) is 4.29. The molecule has 2 aromatic rings. The number of pyridine rings is 1. The fourth-order valence-corrected chi connectivity index (χ4v) is 2.87. The van der Waals surface area contributed by atoms with Gasteiger partial charge in [0.15, 0.2) is 0 Å². The minimum absolute atomic E-state index is 0. The number of anilines is 1. The second-order valence-corrected chi connectivity index (χ2v) is 6.22. The van der Waals surface area contributed by atoms with Gasteiger partial charge in [-0.3, -0.25) is 4.79 Å². The molecule has 8 heteroatoms. The highest BCUT2D eigenvalue weighted by Crippen LogP contribution is 2.21. The van der Waals surface area contributed by atoms with E-state index >= 15 is 0 Å². The lowest BCUT2D eigenvalue weighted by molar-refractivity contribution is -0.116. The van der Waals surface area contributed by atoms with Crippen molar-refractivity contribution in [3.05, 3.63) is 48.4 Å². The first-order valence-corrected chi connectivity index (χ1v) is 8.59. The Hall–Kier alpha value is -1.89. The summed E-state index contributed by atoms with van der Waals surface area (Å²) < 4.78 is 18.4. The van der Waals surface area contributed by atoms with Gasteiger partial charge in [0, 0.05) is 12.5 Å². The molecule has 1 aliphatic rings. The first kappa shape index (κ1) is 23.1. The zero-order valence-corrected chi connectivity index (χ0v) is 16.5. The van der Waals surface area contributed by atoms with Gasteiger partial charge in [-0.05, 0) is 68.6 Å². The maximum Gasteiger partial charge on any atom is 0.224 e. The summed E-state index contributed by atoms with van der Waals surface area (Å²) >= 11 is 0. The van der Waals surface area contributed by atoms with E-state index in [1.807, 2.05) is 0 Å². The molecule has 1 aromatic heterocycles. The molecule has 2 N–H and O–H groups in total. The van der Waals surface area contributed by atoms with Crippen molar-refractivity contribution in [2.24, 2.45) is 5.92 Å². The molecule has 27 heavy (non-hydrogen) atoms. The van der Waals surface area contributed by atoms with Crippen molar-refractivity contribution in [3.63, 3.8) is 0 Å². The fourth-order valence-electron chi connectivity index (χ4n) is 2.87.